The zero-order valence-electron chi connectivity index (χ0n) is 9.05. The summed E-state index contributed by atoms with van der Waals surface area (Å²) in [7, 11) is 0. The van der Waals surface area contributed by atoms with Crippen LogP contribution in [0.2, 0.25) is 0 Å². The van der Waals surface area contributed by atoms with E-state index in [1.165, 1.54) is 5.06 Å². The van der Waals surface area contributed by atoms with Gasteiger partial charge in [0.2, 0.25) is 0 Å². The molecule has 2 rings (SSSR count). The Kier molecular flexibility index (Phi) is 2.90. The van der Waals surface area contributed by atoms with Crippen LogP contribution < -0.4 is 0 Å². The average molecular weight is 219 g/mol. The third-order valence-corrected chi connectivity index (χ3v) is 2.61. The Labute approximate surface area is 93.8 Å². The maximum Gasteiger partial charge on any atom is 0.363 e. The highest BCUT2D eigenvalue weighted by Gasteiger charge is 2.31. The van der Waals surface area contributed by atoms with Crippen LogP contribution >= 0.6 is 0 Å². The minimum absolute atomic E-state index is 0.0276. The van der Waals surface area contributed by atoms with Crippen LogP contribution in [0.5, 0.6) is 0 Å². The van der Waals surface area contributed by atoms with E-state index in [9.17, 15) is 9.59 Å². The second kappa shape index (κ2) is 4.35. The molecule has 0 spiro atoms. The molecule has 0 N–H and O–H groups in total. The Morgan fingerprint density at radius 1 is 1.38 bits per heavy atom. The van der Waals surface area contributed by atoms with Crippen molar-refractivity contribution in [2.75, 3.05) is 0 Å². The van der Waals surface area contributed by atoms with Crippen molar-refractivity contribution in [3.8, 4) is 0 Å². The van der Waals surface area contributed by atoms with Crippen molar-refractivity contribution in [1.82, 2.24) is 5.06 Å². The molecule has 4 nitrogen and oxygen atoms in total. The minimum Gasteiger partial charge on any atom is -0.332 e. The SMILES string of the molecule is CC1CCC(=O)N1OC(=O)c1ccccc1. The molecule has 0 radical (unpaired) electrons. The quantitative estimate of drug-likeness (QED) is 0.761. The van der Waals surface area contributed by atoms with Gasteiger partial charge < -0.3 is 4.84 Å². The van der Waals surface area contributed by atoms with Crippen molar-refractivity contribution in [1.29, 1.82) is 0 Å². The molecule has 1 saturated heterocycles. The van der Waals surface area contributed by atoms with Crippen molar-refractivity contribution in [3.63, 3.8) is 0 Å². The van der Waals surface area contributed by atoms with Gasteiger partial charge in [0.25, 0.3) is 5.91 Å². The van der Waals surface area contributed by atoms with E-state index in [0.29, 0.717) is 12.0 Å². The second-order valence-electron chi connectivity index (χ2n) is 3.85. The maximum atomic E-state index is 11.7. The lowest BCUT2D eigenvalue weighted by molar-refractivity contribution is -0.166. The predicted molar refractivity (Wildman–Crippen MR) is 57.4 cm³/mol. The molecule has 4 heteroatoms. The number of amides is 1. The van der Waals surface area contributed by atoms with Gasteiger partial charge in [-0.2, -0.15) is 5.06 Å². The highest BCUT2D eigenvalue weighted by Crippen LogP contribution is 2.19. The molecule has 1 aliphatic rings. The zero-order chi connectivity index (χ0) is 11.5. The average Bonchev–Trinajstić information content (AvgIpc) is 2.62. The topological polar surface area (TPSA) is 46.6 Å². The van der Waals surface area contributed by atoms with Gasteiger partial charge >= 0.3 is 5.97 Å². The summed E-state index contributed by atoms with van der Waals surface area (Å²) < 4.78 is 0. The van der Waals surface area contributed by atoms with Crippen molar-refractivity contribution < 1.29 is 14.4 Å². The first-order valence-electron chi connectivity index (χ1n) is 5.28. The molecule has 1 heterocycles. The third kappa shape index (κ3) is 2.05. The fraction of sp³-hybridized carbons (Fsp3) is 0.333. The number of carbonyl (C=O) groups is 2. The van der Waals surface area contributed by atoms with Crippen LogP contribution in [0.4, 0.5) is 0 Å². The normalized spacial score (nSPS) is 19.9. The first-order chi connectivity index (χ1) is 7.68. The maximum absolute atomic E-state index is 11.7. The fourth-order valence-electron chi connectivity index (χ4n) is 1.66. The van der Waals surface area contributed by atoms with Gasteiger partial charge in [-0.25, -0.2) is 4.79 Å². The summed E-state index contributed by atoms with van der Waals surface area (Å²) in [6.07, 6.45) is 1.18. The Morgan fingerprint density at radius 3 is 2.62 bits per heavy atom. The van der Waals surface area contributed by atoms with E-state index in [2.05, 4.69) is 0 Å². The largest absolute Gasteiger partial charge is 0.363 e. The molecular formula is C12H13NO3. The molecular weight excluding hydrogens is 206 g/mol. The molecule has 1 amide bonds. The first-order valence-corrected chi connectivity index (χ1v) is 5.28. The van der Waals surface area contributed by atoms with Crippen molar-refractivity contribution >= 4 is 11.9 Å². The third-order valence-electron chi connectivity index (χ3n) is 2.61. The number of hydrogen-bond donors (Lipinski definition) is 0. The van der Waals surface area contributed by atoms with Crippen LogP contribution in [-0.2, 0) is 9.63 Å². The van der Waals surface area contributed by atoms with Crippen LogP contribution in [-0.4, -0.2) is 23.0 Å². The van der Waals surface area contributed by atoms with Gasteiger partial charge in [-0.3, -0.25) is 4.79 Å². The highest BCUT2D eigenvalue weighted by molar-refractivity contribution is 5.90. The number of benzene rings is 1. The molecule has 1 aromatic rings. The van der Waals surface area contributed by atoms with E-state index in [1.807, 2.05) is 13.0 Å². The van der Waals surface area contributed by atoms with Crippen molar-refractivity contribution in [3.05, 3.63) is 35.9 Å². The number of hydroxylamine groups is 2. The summed E-state index contributed by atoms with van der Waals surface area (Å²) in [4.78, 5) is 28.1. The lowest BCUT2D eigenvalue weighted by Gasteiger charge is -2.19. The van der Waals surface area contributed by atoms with Crippen molar-refractivity contribution in [2.45, 2.75) is 25.8 Å². The van der Waals surface area contributed by atoms with Gasteiger partial charge in [0.15, 0.2) is 0 Å². The Morgan fingerprint density at radius 2 is 2.06 bits per heavy atom. The second-order valence-corrected chi connectivity index (χ2v) is 3.85. The van der Waals surface area contributed by atoms with Crippen LogP contribution in [0.15, 0.2) is 30.3 Å². The van der Waals surface area contributed by atoms with Gasteiger partial charge in [0, 0.05) is 6.42 Å². The summed E-state index contributed by atoms with van der Waals surface area (Å²) in [6.45, 7) is 1.86. The first kappa shape index (κ1) is 10.7. The number of rotatable bonds is 2. The lowest BCUT2D eigenvalue weighted by atomic mass is 10.2. The standard InChI is InChI=1S/C12H13NO3/c1-9-7-8-11(14)13(9)16-12(15)10-5-3-2-4-6-10/h2-6,9H,7-8H2,1H3. The lowest BCUT2D eigenvalue weighted by Crippen LogP contribution is -2.33. The number of hydrogen-bond acceptors (Lipinski definition) is 3. The van der Waals surface area contributed by atoms with Crippen LogP contribution in [0.25, 0.3) is 0 Å². The van der Waals surface area contributed by atoms with E-state index < -0.39 is 5.97 Å². The molecule has 0 aromatic heterocycles. The van der Waals surface area contributed by atoms with Crippen LogP contribution in [0.3, 0.4) is 0 Å². The predicted octanol–water partition coefficient (Wildman–Crippen LogP) is 1.77. The van der Waals surface area contributed by atoms with Gasteiger partial charge in [0.1, 0.15) is 0 Å². The van der Waals surface area contributed by atoms with Gasteiger partial charge in [-0.1, -0.05) is 18.2 Å². The molecule has 16 heavy (non-hydrogen) atoms. The molecule has 1 fully saturated rings. The summed E-state index contributed by atoms with van der Waals surface area (Å²) in [5, 5.41) is 1.18. The molecule has 1 atom stereocenters. The zero-order valence-corrected chi connectivity index (χ0v) is 9.05. The molecule has 0 aliphatic carbocycles. The molecule has 84 valence electrons. The monoisotopic (exact) mass is 219 g/mol. The molecule has 1 unspecified atom stereocenters. The Bertz CT molecular complexity index is 402. The van der Waals surface area contributed by atoms with E-state index in [-0.39, 0.29) is 11.9 Å². The minimum atomic E-state index is -0.484. The molecule has 1 aliphatic heterocycles. The molecule has 1 aromatic carbocycles. The summed E-state index contributed by atoms with van der Waals surface area (Å²) >= 11 is 0. The Balaban J connectivity index is 2.05. The fourth-order valence-corrected chi connectivity index (χ4v) is 1.66. The number of nitrogens with zero attached hydrogens (tertiary/aromatic N) is 1. The van der Waals surface area contributed by atoms with Gasteiger partial charge in [0.05, 0.1) is 11.6 Å². The summed E-state index contributed by atoms with van der Waals surface area (Å²) in [5.41, 5.74) is 0.453. The van der Waals surface area contributed by atoms with Crippen LogP contribution in [0, 0.1) is 0 Å². The van der Waals surface area contributed by atoms with Crippen LogP contribution in [0.1, 0.15) is 30.1 Å². The Hall–Kier alpha value is -1.84. The molecule has 0 bridgehead atoms. The van der Waals surface area contributed by atoms with E-state index in [1.54, 1.807) is 24.3 Å². The summed E-state index contributed by atoms with van der Waals surface area (Å²) in [5.74, 6) is -0.612. The van der Waals surface area contributed by atoms with Crippen molar-refractivity contribution in [2.24, 2.45) is 0 Å². The van der Waals surface area contributed by atoms with Gasteiger partial charge in [-0.15, -0.1) is 0 Å². The van der Waals surface area contributed by atoms with E-state index in [0.717, 1.165) is 6.42 Å². The van der Waals surface area contributed by atoms with E-state index >= 15 is 0 Å². The summed E-state index contributed by atoms with van der Waals surface area (Å²) in [6, 6.07) is 8.62. The molecule has 0 saturated carbocycles. The highest BCUT2D eigenvalue weighted by atomic mass is 16.7. The smallest absolute Gasteiger partial charge is 0.332 e. The number of carbonyl (C=O) groups excluding carboxylic acids is 2. The van der Waals surface area contributed by atoms with E-state index in [4.69, 9.17) is 4.84 Å². The van der Waals surface area contributed by atoms with Gasteiger partial charge in [-0.05, 0) is 25.5 Å².